The Morgan fingerprint density at radius 3 is 2.45 bits per heavy atom. The maximum Gasteiger partial charge on any atom is 0.251 e. The lowest BCUT2D eigenvalue weighted by Gasteiger charge is -2.32. The van der Waals surface area contributed by atoms with Crippen molar-refractivity contribution in [3.8, 4) is 0 Å². The number of allylic oxidation sites excluding steroid dienone is 3. The van der Waals surface area contributed by atoms with Crippen LogP contribution in [0.5, 0.6) is 0 Å². The summed E-state index contributed by atoms with van der Waals surface area (Å²) in [6, 6.07) is 10.4. The smallest absolute Gasteiger partial charge is 0.251 e. The van der Waals surface area contributed by atoms with Crippen molar-refractivity contribution in [2.75, 3.05) is 33.3 Å². The molecule has 1 aromatic carbocycles. The predicted octanol–water partition coefficient (Wildman–Crippen LogP) is 8.16. The van der Waals surface area contributed by atoms with Crippen LogP contribution in [0.15, 0.2) is 59.2 Å². The number of imidazole rings is 1. The van der Waals surface area contributed by atoms with E-state index >= 15 is 0 Å². The van der Waals surface area contributed by atoms with E-state index in [9.17, 15) is 9.59 Å². The van der Waals surface area contributed by atoms with E-state index < -0.39 is 0 Å². The van der Waals surface area contributed by atoms with Gasteiger partial charge in [-0.05, 0) is 80.2 Å². The molecule has 0 unspecified atom stereocenters. The van der Waals surface area contributed by atoms with Gasteiger partial charge in [0.05, 0.1) is 30.4 Å². The Morgan fingerprint density at radius 2 is 1.83 bits per heavy atom. The molecule has 0 atom stereocenters. The van der Waals surface area contributed by atoms with E-state index in [4.69, 9.17) is 9.72 Å². The first-order valence-electron chi connectivity index (χ1n) is 17.5. The number of piperidine rings is 1. The Balaban J connectivity index is 0.00000132. The molecule has 2 aliphatic rings. The van der Waals surface area contributed by atoms with Crippen LogP contribution >= 0.6 is 11.3 Å². The van der Waals surface area contributed by atoms with E-state index in [2.05, 4.69) is 84.4 Å². The van der Waals surface area contributed by atoms with Gasteiger partial charge in [-0.15, -0.1) is 11.3 Å². The fourth-order valence-corrected chi connectivity index (χ4v) is 6.93. The lowest BCUT2D eigenvalue weighted by molar-refractivity contribution is -0.121. The number of fused-ring (bicyclic) bond motifs is 1. The molecule has 3 heterocycles. The second-order valence-electron chi connectivity index (χ2n) is 13.3. The Hall–Kier alpha value is -3.43. The summed E-state index contributed by atoms with van der Waals surface area (Å²) in [5.41, 5.74) is 3.86. The van der Waals surface area contributed by atoms with E-state index in [1.807, 2.05) is 18.2 Å². The number of methoxy groups -OCH3 is 1. The number of benzene rings is 1. The van der Waals surface area contributed by atoms with Gasteiger partial charge in [0, 0.05) is 57.9 Å². The zero-order chi connectivity index (χ0) is 33.8. The second-order valence-corrected chi connectivity index (χ2v) is 14.4. The molecule has 0 radical (unpaired) electrons. The van der Waals surface area contributed by atoms with Gasteiger partial charge < -0.3 is 24.8 Å². The molecule has 1 fully saturated rings. The lowest BCUT2D eigenvalue weighted by Crippen LogP contribution is -2.47. The molecule has 0 saturated carbocycles. The zero-order valence-corrected chi connectivity index (χ0v) is 30.1. The maximum atomic E-state index is 13.0. The minimum atomic E-state index is -0.256. The monoisotopic (exact) mass is 665 g/mol. The summed E-state index contributed by atoms with van der Waals surface area (Å²) in [7, 11) is 1.73. The number of aromatic nitrogens is 2. The summed E-state index contributed by atoms with van der Waals surface area (Å²) in [6.07, 6.45) is 12.1. The van der Waals surface area contributed by atoms with Crippen molar-refractivity contribution in [3.05, 3.63) is 75.5 Å². The van der Waals surface area contributed by atoms with Gasteiger partial charge in [0.1, 0.15) is 5.82 Å². The van der Waals surface area contributed by atoms with Crippen LogP contribution in [0.4, 0.5) is 0 Å². The number of amides is 2. The van der Waals surface area contributed by atoms with Gasteiger partial charge in [-0.1, -0.05) is 52.3 Å². The van der Waals surface area contributed by atoms with Crippen LogP contribution in [0, 0.1) is 5.92 Å². The molecule has 8 nitrogen and oxygen atoms in total. The van der Waals surface area contributed by atoms with Gasteiger partial charge in [0.15, 0.2) is 0 Å². The van der Waals surface area contributed by atoms with Crippen molar-refractivity contribution in [1.29, 1.82) is 0 Å². The summed E-state index contributed by atoms with van der Waals surface area (Å²) in [5.74, 6) is 2.52. The van der Waals surface area contributed by atoms with Crippen LogP contribution < -0.4 is 10.6 Å². The fourth-order valence-electron chi connectivity index (χ4n) is 6.23. The first-order valence-corrected chi connectivity index (χ1v) is 18.3. The van der Waals surface area contributed by atoms with Crippen LogP contribution in [0.25, 0.3) is 11.0 Å². The van der Waals surface area contributed by atoms with Crippen LogP contribution in [-0.4, -0.2) is 65.6 Å². The van der Waals surface area contributed by atoms with Crippen molar-refractivity contribution in [1.82, 2.24) is 25.1 Å². The zero-order valence-electron chi connectivity index (χ0n) is 29.3. The molecule has 47 heavy (non-hydrogen) atoms. The third kappa shape index (κ3) is 10.8. The minimum absolute atomic E-state index is 0. The van der Waals surface area contributed by atoms with E-state index in [1.165, 1.54) is 10.5 Å². The van der Waals surface area contributed by atoms with E-state index in [1.54, 1.807) is 18.4 Å². The van der Waals surface area contributed by atoms with Crippen LogP contribution in [0.1, 0.15) is 110 Å². The van der Waals surface area contributed by atoms with Gasteiger partial charge in [-0.2, -0.15) is 0 Å². The van der Waals surface area contributed by atoms with Gasteiger partial charge in [0.2, 0.25) is 5.91 Å². The number of hydrogen-bond donors (Lipinski definition) is 2. The van der Waals surface area contributed by atoms with Crippen molar-refractivity contribution in [3.63, 3.8) is 0 Å². The SMILES string of the molecule is CC(C)C.CCC(CC)n1c(Cc2cccs2)nc2cc(C(=O)NCC(=O)NC3CCN(CCC4=CC=C(OC)CC4)CC3)ccc21.[HH].[HH]. The number of nitrogens with zero attached hydrogens (tertiary/aromatic N) is 3. The highest BCUT2D eigenvalue weighted by Gasteiger charge is 2.22. The Kier molecular flexibility index (Phi) is 14.1. The average molecular weight is 666 g/mol. The second kappa shape index (κ2) is 18.2. The predicted molar refractivity (Wildman–Crippen MR) is 198 cm³/mol. The largest absolute Gasteiger partial charge is 0.501 e. The quantitative estimate of drug-likeness (QED) is 0.192. The molecule has 1 saturated heterocycles. The molecule has 0 spiro atoms. The van der Waals surface area contributed by atoms with Crippen molar-refractivity contribution in [2.45, 2.75) is 98.1 Å². The third-order valence-electron chi connectivity index (χ3n) is 8.82. The van der Waals surface area contributed by atoms with Gasteiger partial charge in [-0.25, -0.2) is 4.98 Å². The number of rotatable bonds is 13. The molecule has 1 aliphatic heterocycles. The van der Waals surface area contributed by atoms with Crippen LogP contribution in [0.2, 0.25) is 0 Å². The summed E-state index contributed by atoms with van der Waals surface area (Å²) < 4.78 is 7.67. The maximum absolute atomic E-state index is 13.0. The van der Waals surface area contributed by atoms with Crippen LogP contribution in [-0.2, 0) is 16.0 Å². The normalized spacial score (nSPS) is 15.7. The summed E-state index contributed by atoms with van der Waals surface area (Å²) in [4.78, 5) is 34.4. The first kappa shape index (κ1) is 36.4. The summed E-state index contributed by atoms with van der Waals surface area (Å²) in [6.45, 7) is 13.9. The number of hydrogen-bond acceptors (Lipinski definition) is 6. The van der Waals surface area contributed by atoms with Gasteiger partial charge >= 0.3 is 0 Å². The molecular weight excluding hydrogens is 607 g/mol. The highest BCUT2D eigenvalue weighted by Crippen LogP contribution is 2.28. The number of thiophene rings is 1. The van der Waals surface area contributed by atoms with Crippen molar-refractivity contribution < 1.29 is 17.2 Å². The summed E-state index contributed by atoms with van der Waals surface area (Å²) >= 11 is 1.74. The lowest BCUT2D eigenvalue weighted by atomic mass is 9.99. The van der Waals surface area contributed by atoms with Crippen molar-refractivity contribution in [2.24, 2.45) is 5.92 Å². The Bertz CT molecular complexity index is 1500. The van der Waals surface area contributed by atoms with Gasteiger partial charge in [-0.3, -0.25) is 9.59 Å². The number of carbonyl (C=O) groups excluding carboxylic acids is 2. The van der Waals surface area contributed by atoms with Crippen molar-refractivity contribution >= 4 is 34.2 Å². The molecule has 1 aliphatic carbocycles. The molecule has 9 heteroatoms. The molecule has 260 valence electrons. The van der Waals surface area contributed by atoms with E-state index in [0.717, 1.165) is 99.5 Å². The molecule has 5 rings (SSSR count). The van der Waals surface area contributed by atoms with Gasteiger partial charge in [0.25, 0.3) is 5.91 Å². The minimum Gasteiger partial charge on any atom is -0.501 e. The molecule has 2 N–H and O–H groups in total. The molecule has 2 amide bonds. The topological polar surface area (TPSA) is 88.5 Å². The molecule has 2 aromatic heterocycles. The molecular formula is C38H59N5O3S. The fraction of sp³-hybridized carbons (Fsp3) is 0.553. The number of carbonyl (C=O) groups is 2. The summed E-state index contributed by atoms with van der Waals surface area (Å²) in [5, 5.41) is 8.03. The highest BCUT2D eigenvalue weighted by molar-refractivity contribution is 7.09. The third-order valence-corrected chi connectivity index (χ3v) is 9.69. The Morgan fingerprint density at radius 1 is 1.09 bits per heavy atom. The number of likely N-dealkylation sites (tertiary alicyclic amines) is 1. The first-order chi connectivity index (χ1) is 22.7. The van der Waals surface area contributed by atoms with Crippen LogP contribution in [0.3, 0.4) is 0 Å². The van der Waals surface area contributed by atoms with E-state index in [-0.39, 0.29) is 27.3 Å². The Labute approximate surface area is 288 Å². The van der Waals surface area contributed by atoms with E-state index in [0.29, 0.717) is 11.6 Å². The number of nitrogens with one attached hydrogen (secondary N) is 2. The highest BCUT2D eigenvalue weighted by atomic mass is 32.1. The average Bonchev–Trinajstić information content (AvgIpc) is 3.71. The standard InChI is InChI=1S/C34H45N5O3S.C4H10.2H2/c1-4-27(5-2)39-31-13-10-25(21-30(31)37-32(39)22-29-7-6-20-43-29)34(41)35-23-33(40)36-26-15-18-38(19-16-26)17-14-24-8-11-28(42-3)12-9-24;1-4(2)3;;/h6-8,10-11,13,20-21,26-27H,4-5,9,12,14-19,22-23H2,1-3H3,(H,35,41)(H,36,40);4H,1-3H3;2*1H. The number of ether oxygens (including phenoxy) is 1. The molecule has 3 aromatic rings. The molecule has 0 bridgehead atoms.